The van der Waals surface area contributed by atoms with E-state index >= 15 is 0 Å². The molecule has 4 rings (SSSR count). The number of hydrogen-bond donors (Lipinski definition) is 0. The lowest BCUT2D eigenvalue weighted by Crippen LogP contribution is -2.12. The molecule has 0 N–H and O–H groups in total. The summed E-state index contributed by atoms with van der Waals surface area (Å²) in [6.07, 6.45) is 4.44. The van der Waals surface area contributed by atoms with Crippen molar-refractivity contribution in [3.63, 3.8) is 0 Å². The maximum absolute atomic E-state index is 12.1. The third-order valence-electron chi connectivity index (χ3n) is 5.98. The van der Waals surface area contributed by atoms with Crippen LogP contribution in [0.2, 0.25) is 0 Å². The van der Waals surface area contributed by atoms with Gasteiger partial charge in [0, 0.05) is 34.1 Å². The van der Waals surface area contributed by atoms with E-state index in [9.17, 15) is 9.59 Å². The first-order valence-corrected chi connectivity index (χ1v) is 9.24. The maximum Gasteiger partial charge on any atom is 0.335 e. The van der Waals surface area contributed by atoms with E-state index < -0.39 is 11.9 Å². The molecule has 3 atom stereocenters. The number of aryl methyl sites for hydroxylation is 1. The van der Waals surface area contributed by atoms with E-state index in [0.29, 0.717) is 29.3 Å². The largest absolute Gasteiger partial charge is 0.422 e. The average Bonchev–Trinajstić information content (AvgIpc) is 3.16. The number of hydrogen-bond acceptors (Lipinski definition) is 4. The molecule has 0 saturated heterocycles. The minimum atomic E-state index is -0.481. The highest BCUT2D eigenvalue weighted by Crippen LogP contribution is 2.63. The van der Waals surface area contributed by atoms with Gasteiger partial charge in [-0.3, -0.25) is 0 Å². The van der Waals surface area contributed by atoms with Crippen LogP contribution in [0.25, 0.3) is 10.8 Å². The van der Waals surface area contributed by atoms with Crippen molar-refractivity contribution in [2.24, 2.45) is 5.92 Å². The number of benzene rings is 2. The molecule has 2 aromatic rings. The van der Waals surface area contributed by atoms with Gasteiger partial charge in [0.05, 0.1) is 0 Å². The van der Waals surface area contributed by atoms with Crippen molar-refractivity contribution in [3.05, 3.63) is 60.2 Å². The van der Waals surface area contributed by atoms with Gasteiger partial charge in [-0.2, -0.15) is 0 Å². The Morgan fingerprint density at radius 3 is 2.00 bits per heavy atom. The van der Waals surface area contributed by atoms with Crippen LogP contribution in [0.4, 0.5) is 0 Å². The first-order valence-electron chi connectivity index (χ1n) is 9.24. The standard InChI is InChI=1S/C23H22O4/c1-5-18(24)26-22-16-8-7-12(3)11-17(16)23(27-19(25)6-2)21-15-10-9-14(13(15)4)20(21)22/h5-8,11,13-15H,1-2,9-10H2,3-4H3. The predicted molar refractivity (Wildman–Crippen MR) is 104 cm³/mol. The molecule has 2 aliphatic rings. The lowest BCUT2D eigenvalue weighted by molar-refractivity contribution is -0.130. The maximum atomic E-state index is 12.1. The van der Waals surface area contributed by atoms with Crippen molar-refractivity contribution in [2.45, 2.75) is 38.5 Å². The van der Waals surface area contributed by atoms with Crippen molar-refractivity contribution in [1.29, 1.82) is 0 Å². The SMILES string of the molecule is C=CC(=O)Oc1c2c(c(OC(=O)C=C)c3cc(C)ccc13)C1CCC2C1C. The van der Waals surface area contributed by atoms with Gasteiger partial charge < -0.3 is 9.47 Å². The summed E-state index contributed by atoms with van der Waals surface area (Å²) in [7, 11) is 0. The monoisotopic (exact) mass is 362 g/mol. The van der Waals surface area contributed by atoms with Crippen LogP contribution in [0.1, 0.15) is 48.3 Å². The van der Waals surface area contributed by atoms with Gasteiger partial charge >= 0.3 is 11.9 Å². The molecule has 3 unspecified atom stereocenters. The second-order valence-electron chi connectivity index (χ2n) is 7.43. The van der Waals surface area contributed by atoms with Gasteiger partial charge in [0.2, 0.25) is 0 Å². The predicted octanol–water partition coefficient (Wildman–Crippen LogP) is 4.94. The van der Waals surface area contributed by atoms with Gasteiger partial charge in [-0.1, -0.05) is 37.8 Å². The zero-order valence-corrected chi connectivity index (χ0v) is 15.6. The zero-order chi connectivity index (χ0) is 19.3. The van der Waals surface area contributed by atoms with Crippen LogP contribution in [-0.2, 0) is 9.59 Å². The fraction of sp³-hybridized carbons (Fsp3) is 0.304. The number of esters is 2. The fourth-order valence-corrected chi connectivity index (χ4v) is 4.80. The second-order valence-corrected chi connectivity index (χ2v) is 7.43. The molecule has 138 valence electrons. The molecule has 0 heterocycles. The summed E-state index contributed by atoms with van der Waals surface area (Å²) in [6.45, 7) is 11.2. The minimum Gasteiger partial charge on any atom is -0.422 e. The highest BCUT2D eigenvalue weighted by atomic mass is 16.5. The number of ether oxygens (including phenoxy) is 2. The molecule has 2 bridgehead atoms. The molecule has 27 heavy (non-hydrogen) atoms. The Kier molecular flexibility index (Phi) is 4.14. The lowest BCUT2D eigenvalue weighted by atomic mass is 9.87. The van der Waals surface area contributed by atoms with E-state index in [4.69, 9.17) is 9.47 Å². The fourth-order valence-electron chi connectivity index (χ4n) is 4.80. The summed E-state index contributed by atoms with van der Waals surface area (Å²) in [6, 6.07) is 5.87. The summed E-state index contributed by atoms with van der Waals surface area (Å²) >= 11 is 0. The summed E-state index contributed by atoms with van der Waals surface area (Å²) < 4.78 is 11.5. The molecule has 0 amide bonds. The summed E-state index contributed by atoms with van der Waals surface area (Å²) in [5.74, 6) is 1.22. The van der Waals surface area contributed by atoms with Crippen LogP contribution < -0.4 is 9.47 Å². The molecule has 1 fully saturated rings. The molecule has 2 aliphatic carbocycles. The van der Waals surface area contributed by atoms with Crippen molar-refractivity contribution in [3.8, 4) is 11.5 Å². The van der Waals surface area contributed by atoms with E-state index in [1.165, 1.54) is 12.2 Å². The van der Waals surface area contributed by atoms with E-state index in [2.05, 4.69) is 20.1 Å². The number of carbonyl (C=O) groups is 2. The molecular weight excluding hydrogens is 340 g/mol. The van der Waals surface area contributed by atoms with E-state index in [-0.39, 0.29) is 0 Å². The number of carbonyl (C=O) groups excluding carboxylic acids is 2. The molecule has 0 spiro atoms. The smallest absolute Gasteiger partial charge is 0.335 e. The van der Waals surface area contributed by atoms with Crippen LogP contribution in [0.3, 0.4) is 0 Å². The Morgan fingerprint density at radius 2 is 1.48 bits per heavy atom. The topological polar surface area (TPSA) is 52.6 Å². The first kappa shape index (κ1) is 17.5. The summed E-state index contributed by atoms with van der Waals surface area (Å²) in [4.78, 5) is 24.1. The van der Waals surface area contributed by atoms with Crippen molar-refractivity contribution >= 4 is 22.7 Å². The zero-order valence-electron chi connectivity index (χ0n) is 15.6. The Balaban J connectivity index is 2.08. The highest BCUT2D eigenvalue weighted by Gasteiger charge is 2.48. The molecule has 0 aromatic heterocycles. The van der Waals surface area contributed by atoms with Gasteiger partial charge in [-0.25, -0.2) is 9.59 Å². The minimum absolute atomic E-state index is 0.295. The Hall–Kier alpha value is -2.88. The average molecular weight is 362 g/mol. The summed E-state index contributed by atoms with van der Waals surface area (Å²) in [5, 5.41) is 1.57. The van der Waals surface area contributed by atoms with Crippen LogP contribution in [0, 0.1) is 12.8 Å². The van der Waals surface area contributed by atoms with Crippen LogP contribution >= 0.6 is 0 Å². The van der Waals surface area contributed by atoms with E-state index in [1.54, 1.807) is 0 Å². The molecule has 2 aromatic carbocycles. The van der Waals surface area contributed by atoms with E-state index in [1.807, 2.05) is 25.1 Å². The third-order valence-corrected chi connectivity index (χ3v) is 5.98. The van der Waals surface area contributed by atoms with Gasteiger partial charge in [0.25, 0.3) is 0 Å². The Morgan fingerprint density at radius 1 is 0.963 bits per heavy atom. The number of fused-ring (bicyclic) bond motifs is 6. The normalized spacial score (nSPS) is 22.4. The van der Waals surface area contributed by atoms with Gasteiger partial charge in [0.1, 0.15) is 11.5 Å². The Labute approximate surface area is 158 Å². The molecule has 0 aliphatic heterocycles. The Bertz CT molecular complexity index is 1000. The summed E-state index contributed by atoms with van der Waals surface area (Å²) in [5.41, 5.74) is 3.06. The van der Waals surface area contributed by atoms with Crippen molar-refractivity contribution < 1.29 is 19.1 Å². The molecule has 1 saturated carbocycles. The van der Waals surface area contributed by atoms with Crippen LogP contribution in [0.15, 0.2) is 43.5 Å². The highest BCUT2D eigenvalue weighted by molar-refractivity contribution is 6.01. The lowest BCUT2D eigenvalue weighted by Gasteiger charge is -2.24. The van der Waals surface area contributed by atoms with Gasteiger partial charge in [0.15, 0.2) is 0 Å². The van der Waals surface area contributed by atoms with E-state index in [0.717, 1.165) is 40.3 Å². The van der Waals surface area contributed by atoms with Gasteiger partial charge in [-0.05, 0) is 43.6 Å². The second kappa shape index (κ2) is 6.38. The quantitative estimate of drug-likeness (QED) is 0.439. The molecule has 4 heteroatoms. The van der Waals surface area contributed by atoms with Crippen LogP contribution in [-0.4, -0.2) is 11.9 Å². The molecule has 4 nitrogen and oxygen atoms in total. The number of rotatable bonds is 4. The first-order chi connectivity index (χ1) is 13.0. The van der Waals surface area contributed by atoms with Crippen LogP contribution in [0.5, 0.6) is 11.5 Å². The third kappa shape index (κ3) is 2.59. The van der Waals surface area contributed by atoms with Crippen molar-refractivity contribution in [1.82, 2.24) is 0 Å². The molecular formula is C23H22O4. The van der Waals surface area contributed by atoms with Gasteiger partial charge in [-0.15, -0.1) is 0 Å². The van der Waals surface area contributed by atoms with Crippen molar-refractivity contribution in [2.75, 3.05) is 0 Å². The molecule has 0 radical (unpaired) electrons.